The lowest BCUT2D eigenvalue weighted by molar-refractivity contribution is 0.0958. The minimum Gasteiger partial charge on any atom is -0.493 e. The van der Waals surface area contributed by atoms with Crippen LogP contribution in [-0.4, -0.2) is 37.6 Å². The Morgan fingerprint density at radius 2 is 1.95 bits per heavy atom. The van der Waals surface area contributed by atoms with Gasteiger partial charge in [0.15, 0.2) is 0 Å². The summed E-state index contributed by atoms with van der Waals surface area (Å²) in [7, 11) is 1.55. The van der Waals surface area contributed by atoms with Crippen LogP contribution in [0, 0.1) is 5.82 Å². The molecule has 3 aromatic heterocycles. The summed E-state index contributed by atoms with van der Waals surface area (Å²) in [6.45, 7) is 0.227. The van der Waals surface area contributed by atoms with Gasteiger partial charge in [0.25, 0.3) is 5.91 Å². The molecule has 39 heavy (non-hydrogen) atoms. The molecule has 0 saturated heterocycles. The molecule has 3 heterocycles. The third kappa shape index (κ3) is 5.58. The Hall–Kier alpha value is -4.37. The molecule has 0 aliphatic heterocycles. The van der Waals surface area contributed by atoms with Crippen LogP contribution >= 0.6 is 11.6 Å². The number of pyridine rings is 1. The second-order valence-corrected chi connectivity index (χ2v) is 9.78. The average Bonchev–Trinajstić information content (AvgIpc) is 3.46. The zero-order valence-corrected chi connectivity index (χ0v) is 22.0. The van der Waals surface area contributed by atoms with E-state index in [4.69, 9.17) is 11.6 Å². The van der Waals surface area contributed by atoms with Gasteiger partial charge in [-0.25, -0.2) is 9.18 Å². The average molecular weight is 548 g/mol. The van der Waals surface area contributed by atoms with E-state index < -0.39 is 5.69 Å². The first-order valence-electron chi connectivity index (χ1n) is 12.5. The van der Waals surface area contributed by atoms with Gasteiger partial charge in [0.1, 0.15) is 11.5 Å². The molecule has 0 spiro atoms. The number of hydrogen-bond acceptors (Lipinski definition) is 4. The molecule has 0 bridgehead atoms. The number of fused-ring (bicyclic) bond motifs is 1. The molecular formula is C29H27ClFN5O3. The molecule has 10 heteroatoms. The van der Waals surface area contributed by atoms with E-state index in [9.17, 15) is 19.1 Å². The lowest BCUT2D eigenvalue weighted by Crippen LogP contribution is -2.19. The minimum atomic E-state index is -0.417. The zero-order valence-electron chi connectivity index (χ0n) is 21.2. The largest absolute Gasteiger partial charge is 0.493 e. The van der Waals surface area contributed by atoms with Gasteiger partial charge in [-0.05, 0) is 65.8 Å². The van der Waals surface area contributed by atoms with Gasteiger partial charge in [-0.1, -0.05) is 35.9 Å². The summed E-state index contributed by atoms with van der Waals surface area (Å²) >= 11 is 6.24. The monoisotopic (exact) mass is 547 g/mol. The van der Waals surface area contributed by atoms with Gasteiger partial charge >= 0.3 is 5.69 Å². The highest BCUT2D eigenvalue weighted by Gasteiger charge is 2.16. The summed E-state index contributed by atoms with van der Waals surface area (Å²) in [6.07, 6.45) is 5.05. The number of aromatic nitrogens is 4. The number of aryl methyl sites for hydroxylation is 1. The number of amides is 1. The molecular weight excluding hydrogens is 521 g/mol. The Morgan fingerprint density at radius 3 is 2.77 bits per heavy atom. The Balaban J connectivity index is 1.26. The predicted octanol–water partition coefficient (Wildman–Crippen LogP) is 4.72. The van der Waals surface area contributed by atoms with Crippen molar-refractivity contribution in [2.24, 2.45) is 0 Å². The van der Waals surface area contributed by atoms with E-state index in [-0.39, 0.29) is 24.1 Å². The van der Waals surface area contributed by atoms with E-state index in [2.05, 4.69) is 20.3 Å². The smallest absolute Gasteiger partial charge is 0.328 e. The quantitative estimate of drug-likeness (QED) is 0.213. The number of para-hydroxylation sites is 1. The number of aromatic amines is 2. The SMILES string of the molecule is CNC(=O)c1cc(Cc2ccc(F)c(CCCn3c(O)c(Cc4c[nH]c5c(Cl)cccc45)[nH]c3=O)c2)ccn1. The maximum absolute atomic E-state index is 14.6. The molecule has 5 aromatic rings. The van der Waals surface area contributed by atoms with Gasteiger partial charge in [0, 0.05) is 37.8 Å². The number of nitrogens with one attached hydrogen (secondary N) is 3. The fourth-order valence-corrected chi connectivity index (χ4v) is 5.01. The second-order valence-electron chi connectivity index (χ2n) is 9.37. The van der Waals surface area contributed by atoms with Crippen molar-refractivity contribution < 1.29 is 14.3 Å². The molecule has 0 unspecified atom stereocenters. The van der Waals surface area contributed by atoms with E-state index in [1.54, 1.807) is 37.5 Å². The Labute approximate surface area is 228 Å². The summed E-state index contributed by atoms with van der Waals surface area (Å²) in [6, 6.07) is 14.0. The van der Waals surface area contributed by atoms with Gasteiger partial charge in [-0.2, -0.15) is 0 Å². The van der Waals surface area contributed by atoms with Crippen LogP contribution in [-0.2, 0) is 25.8 Å². The number of halogens is 2. The van der Waals surface area contributed by atoms with Crippen molar-refractivity contribution in [2.45, 2.75) is 32.2 Å². The van der Waals surface area contributed by atoms with Crippen molar-refractivity contribution in [3.8, 4) is 5.88 Å². The fraction of sp³-hybridized carbons (Fsp3) is 0.207. The number of carbonyl (C=O) groups is 1. The highest BCUT2D eigenvalue weighted by Crippen LogP contribution is 2.28. The molecule has 5 rings (SSSR count). The molecule has 0 atom stereocenters. The number of aromatic hydroxyl groups is 1. The second kappa shape index (κ2) is 11.2. The van der Waals surface area contributed by atoms with Crippen LogP contribution in [0.25, 0.3) is 10.9 Å². The number of hydrogen-bond donors (Lipinski definition) is 4. The summed E-state index contributed by atoms with van der Waals surface area (Å²) in [4.78, 5) is 34.4. The topological polar surface area (TPSA) is 116 Å². The third-order valence-electron chi connectivity index (χ3n) is 6.78. The zero-order chi connectivity index (χ0) is 27.5. The Morgan fingerprint density at radius 1 is 1.13 bits per heavy atom. The van der Waals surface area contributed by atoms with Gasteiger partial charge in [-0.15, -0.1) is 0 Å². The van der Waals surface area contributed by atoms with Gasteiger partial charge in [0.2, 0.25) is 5.88 Å². The summed E-state index contributed by atoms with van der Waals surface area (Å²) in [5.41, 5.74) is 4.30. The predicted molar refractivity (Wildman–Crippen MR) is 148 cm³/mol. The Kier molecular flexibility index (Phi) is 7.51. The van der Waals surface area contributed by atoms with E-state index >= 15 is 0 Å². The molecule has 0 aliphatic carbocycles. The van der Waals surface area contributed by atoms with Crippen molar-refractivity contribution >= 4 is 28.4 Å². The summed E-state index contributed by atoms with van der Waals surface area (Å²) < 4.78 is 15.9. The normalized spacial score (nSPS) is 11.3. The number of rotatable bonds is 9. The van der Waals surface area contributed by atoms with Gasteiger partial charge < -0.3 is 20.4 Å². The summed E-state index contributed by atoms with van der Waals surface area (Å²) in [5, 5.41) is 14.8. The van der Waals surface area contributed by atoms with Crippen LogP contribution in [0.15, 0.2) is 65.7 Å². The number of benzene rings is 2. The highest BCUT2D eigenvalue weighted by atomic mass is 35.5. The van der Waals surface area contributed by atoms with Crippen LogP contribution in [0.2, 0.25) is 5.02 Å². The number of nitrogens with zero attached hydrogens (tertiary/aromatic N) is 2. The third-order valence-corrected chi connectivity index (χ3v) is 7.09. The molecule has 200 valence electrons. The highest BCUT2D eigenvalue weighted by molar-refractivity contribution is 6.35. The van der Waals surface area contributed by atoms with Crippen LogP contribution < -0.4 is 11.0 Å². The lowest BCUT2D eigenvalue weighted by atomic mass is 10.0. The van der Waals surface area contributed by atoms with Gasteiger partial charge in [-0.3, -0.25) is 14.3 Å². The molecule has 4 N–H and O–H groups in total. The Bertz CT molecular complexity index is 1720. The maximum Gasteiger partial charge on any atom is 0.328 e. The summed E-state index contributed by atoms with van der Waals surface area (Å²) in [5.74, 6) is -0.729. The van der Waals surface area contributed by atoms with Crippen molar-refractivity contribution in [3.63, 3.8) is 0 Å². The molecule has 0 aliphatic rings. The number of carbonyl (C=O) groups excluding carboxylic acids is 1. The molecule has 0 radical (unpaired) electrons. The van der Waals surface area contributed by atoms with Crippen LogP contribution in [0.3, 0.4) is 0 Å². The van der Waals surface area contributed by atoms with Crippen molar-refractivity contribution in [1.82, 2.24) is 24.8 Å². The van der Waals surface area contributed by atoms with E-state index in [1.807, 2.05) is 24.4 Å². The van der Waals surface area contributed by atoms with E-state index in [0.717, 1.165) is 27.6 Å². The van der Waals surface area contributed by atoms with E-state index in [1.165, 1.54) is 10.6 Å². The van der Waals surface area contributed by atoms with Crippen LogP contribution in [0.4, 0.5) is 4.39 Å². The molecule has 1 amide bonds. The maximum atomic E-state index is 14.6. The molecule has 2 aromatic carbocycles. The van der Waals surface area contributed by atoms with Crippen LogP contribution in [0.5, 0.6) is 5.88 Å². The lowest BCUT2D eigenvalue weighted by Gasteiger charge is -2.09. The van der Waals surface area contributed by atoms with Crippen molar-refractivity contribution in [1.29, 1.82) is 0 Å². The van der Waals surface area contributed by atoms with Crippen molar-refractivity contribution in [2.75, 3.05) is 7.05 Å². The van der Waals surface area contributed by atoms with Crippen LogP contribution in [0.1, 0.15) is 44.9 Å². The first-order valence-corrected chi connectivity index (χ1v) is 12.9. The minimum absolute atomic E-state index is 0.129. The number of H-pyrrole nitrogens is 2. The first-order chi connectivity index (χ1) is 18.8. The molecule has 8 nitrogen and oxygen atoms in total. The van der Waals surface area contributed by atoms with Crippen molar-refractivity contribution in [3.05, 3.63) is 116 Å². The number of imidazole rings is 1. The van der Waals surface area contributed by atoms with Gasteiger partial charge in [0.05, 0.1) is 16.2 Å². The molecule has 0 fully saturated rings. The molecule has 0 saturated carbocycles. The fourth-order valence-electron chi connectivity index (χ4n) is 4.78. The van der Waals surface area contributed by atoms with E-state index in [0.29, 0.717) is 47.7 Å². The standard InChI is InChI=1S/C29H27ClFN5O3/c1-32-27(37)24-14-18(9-10-33-24)12-17-7-8-23(31)19(13-17)4-3-11-36-28(38)25(35-29(36)39)15-20-16-34-26-21(20)5-2-6-22(26)30/h2,5-10,13-14,16,34,38H,3-4,11-12,15H2,1H3,(H,32,37)(H,35,39). The first kappa shape index (κ1) is 26.2.